The van der Waals surface area contributed by atoms with Gasteiger partial charge < -0.3 is 57.3 Å². The van der Waals surface area contributed by atoms with Crippen LogP contribution in [0.3, 0.4) is 0 Å². The third-order valence-corrected chi connectivity index (χ3v) is 18.6. The molecule has 0 unspecified atom stereocenters. The van der Waals surface area contributed by atoms with Crippen LogP contribution in [0, 0.1) is 5.92 Å². The summed E-state index contributed by atoms with van der Waals surface area (Å²) in [5.74, 6) is -0.356. The fourth-order valence-electron chi connectivity index (χ4n) is 9.69. The smallest absolute Gasteiger partial charge is 0.201 e. The van der Waals surface area contributed by atoms with Crippen LogP contribution in [-0.4, -0.2) is 130 Å². The lowest BCUT2D eigenvalue weighted by Gasteiger charge is -2.52. The first kappa shape index (κ1) is 42.6. The SMILES string of the molecule is C=C[C@H]1O[C@H]2C[C@H]3O[C@H](CC4COC(C)(C)OC4)C[C@H](OCOC)[C@@H]3O[C@]2(C)CC[C@@H]1O[C@@H]1[C@H](O[Si](C(C)C)(C(C)C)C(C)C)CO[C@@H](O)[C@]1(C)O. The van der Waals surface area contributed by atoms with Crippen LogP contribution in [0.2, 0.25) is 16.6 Å². The van der Waals surface area contributed by atoms with Crippen molar-refractivity contribution in [2.24, 2.45) is 5.92 Å². The van der Waals surface area contributed by atoms with Crippen molar-refractivity contribution >= 4 is 8.32 Å². The second kappa shape index (κ2) is 16.9. The summed E-state index contributed by atoms with van der Waals surface area (Å²) < 4.78 is 64.0. The molecule has 5 aliphatic rings. The minimum absolute atomic E-state index is 0.0659. The van der Waals surface area contributed by atoms with Gasteiger partial charge in [0.2, 0.25) is 8.32 Å². The van der Waals surface area contributed by atoms with Crippen LogP contribution in [0.15, 0.2) is 12.7 Å². The molecule has 0 radical (unpaired) electrons. The van der Waals surface area contributed by atoms with E-state index in [4.69, 9.17) is 47.1 Å². The number of aliphatic hydroxyl groups is 2. The molecule has 5 fully saturated rings. The molecule has 52 heavy (non-hydrogen) atoms. The molecule has 0 amide bonds. The van der Waals surface area contributed by atoms with Crippen molar-refractivity contribution in [3.05, 3.63) is 12.7 Å². The molecule has 5 rings (SSSR count). The van der Waals surface area contributed by atoms with Crippen LogP contribution in [-0.2, 0) is 47.1 Å². The molecule has 0 aromatic heterocycles. The standard InChI is InChI=1S/C39H70O12Si/c1-13-28-29(49-35-32(21-43-36(40)39(35,11)41)51-52(23(2)3,24(4)5)25(6)7)14-15-38(10)33(48-28)18-31-34(50-38)30(44-22-42-12)17-27(47-31)16-26-19-45-37(8,9)46-20-26/h13,23-36,40-41H,1,14-22H2,2-12H3/t27-,28-,29+,30+,31-,32-,33+,34+,35-,36-,38-,39-/m1/s1. The van der Waals surface area contributed by atoms with E-state index in [1.54, 1.807) is 20.1 Å². The maximum absolute atomic E-state index is 11.8. The highest BCUT2D eigenvalue weighted by Gasteiger charge is 2.58. The summed E-state index contributed by atoms with van der Waals surface area (Å²) in [5, 5.41) is 22.7. The number of ether oxygens (including phenoxy) is 9. The van der Waals surface area contributed by atoms with Gasteiger partial charge in [0.1, 0.15) is 30.7 Å². The molecule has 13 heteroatoms. The Labute approximate surface area is 313 Å². The summed E-state index contributed by atoms with van der Waals surface area (Å²) in [6.45, 7) is 26.5. The van der Waals surface area contributed by atoms with E-state index in [2.05, 4.69) is 55.0 Å². The lowest BCUT2D eigenvalue weighted by atomic mass is 9.81. The average molecular weight is 759 g/mol. The van der Waals surface area contributed by atoms with Crippen molar-refractivity contribution < 1.29 is 57.3 Å². The highest BCUT2D eigenvalue weighted by atomic mass is 28.4. The lowest BCUT2D eigenvalue weighted by molar-refractivity contribution is -0.315. The summed E-state index contributed by atoms with van der Waals surface area (Å²) in [6, 6.07) is 0. The van der Waals surface area contributed by atoms with Gasteiger partial charge in [0.05, 0.1) is 62.0 Å². The quantitative estimate of drug-likeness (QED) is 0.137. The van der Waals surface area contributed by atoms with E-state index >= 15 is 0 Å². The van der Waals surface area contributed by atoms with Crippen LogP contribution in [0.1, 0.15) is 101 Å². The van der Waals surface area contributed by atoms with Crippen LogP contribution in [0.4, 0.5) is 0 Å². The number of hydrogen-bond acceptors (Lipinski definition) is 12. The zero-order valence-electron chi connectivity index (χ0n) is 33.7. The van der Waals surface area contributed by atoms with E-state index in [1.165, 1.54) is 0 Å². The fraction of sp³-hybridized carbons (Fsp3) is 0.949. The second-order valence-corrected chi connectivity index (χ2v) is 23.1. The van der Waals surface area contributed by atoms with Crippen molar-refractivity contribution in [1.82, 2.24) is 0 Å². The van der Waals surface area contributed by atoms with Crippen LogP contribution in [0.5, 0.6) is 0 Å². The Morgan fingerprint density at radius 3 is 2.15 bits per heavy atom. The number of hydrogen-bond donors (Lipinski definition) is 2. The third kappa shape index (κ3) is 8.87. The normalized spacial score (nSPS) is 41.8. The summed E-state index contributed by atoms with van der Waals surface area (Å²) in [7, 11) is -0.787. The molecule has 0 bridgehead atoms. The van der Waals surface area contributed by atoms with Crippen LogP contribution >= 0.6 is 0 Å². The Morgan fingerprint density at radius 1 is 0.904 bits per heavy atom. The Hall–Kier alpha value is -0.523. The molecule has 12 nitrogen and oxygen atoms in total. The summed E-state index contributed by atoms with van der Waals surface area (Å²) in [5.41, 5.74) is -1.46. The Kier molecular flexibility index (Phi) is 13.9. The molecule has 5 heterocycles. The van der Waals surface area contributed by atoms with Crippen LogP contribution in [0.25, 0.3) is 0 Å². The van der Waals surface area contributed by atoms with Crippen molar-refractivity contribution in [3.63, 3.8) is 0 Å². The second-order valence-electron chi connectivity index (χ2n) is 17.7. The van der Waals surface area contributed by atoms with Crippen molar-refractivity contribution in [3.8, 4) is 0 Å². The van der Waals surface area contributed by atoms with Gasteiger partial charge in [0.15, 0.2) is 12.1 Å². The van der Waals surface area contributed by atoms with E-state index < -0.39 is 56.0 Å². The highest BCUT2D eigenvalue weighted by molar-refractivity contribution is 6.77. The van der Waals surface area contributed by atoms with Crippen molar-refractivity contribution in [2.45, 2.75) is 196 Å². The molecule has 0 aromatic rings. The Bertz CT molecular complexity index is 1130. The molecule has 5 aliphatic heterocycles. The largest absolute Gasteiger partial charge is 0.408 e. The van der Waals surface area contributed by atoms with Gasteiger partial charge in [-0.2, -0.15) is 0 Å². The van der Waals surface area contributed by atoms with Crippen LogP contribution < -0.4 is 0 Å². The fourth-order valence-corrected chi connectivity index (χ4v) is 15.2. The zero-order valence-corrected chi connectivity index (χ0v) is 34.7. The molecular weight excluding hydrogens is 689 g/mol. The first-order valence-electron chi connectivity index (χ1n) is 19.7. The first-order chi connectivity index (χ1) is 24.4. The van der Waals surface area contributed by atoms with Gasteiger partial charge in [-0.05, 0) is 63.6 Å². The maximum Gasteiger partial charge on any atom is 0.201 e. The molecule has 0 saturated carbocycles. The lowest BCUT2D eigenvalue weighted by Crippen LogP contribution is -2.66. The number of rotatable bonds is 13. The number of aliphatic hydroxyl groups excluding tert-OH is 1. The van der Waals surface area contributed by atoms with E-state index in [0.29, 0.717) is 55.5 Å². The topological polar surface area (TPSA) is 133 Å². The number of methoxy groups -OCH3 is 1. The van der Waals surface area contributed by atoms with Gasteiger partial charge in [0.25, 0.3) is 0 Å². The average Bonchev–Trinajstić information content (AvgIpc) is 3.20. The van der Waals surface area contributed by atoms with Gasteiger partial charge in [-0.3, -0.25) is 0 Å². The highest BCUT2D eigenvalue weighted by Crippen LogP contribution is 2.47. The molecule has 302 valence electrons. The van der Waals surface area contributed by atoms with Gasteiger partial charge in [-0.15, -0.1) is 6.58 Å². The Balaban J connectivity index is 1.35. The predicted octanol–water partition coefficient (Wildman–Crippen LogP) is 5.62. The molecule has 0 aromatic carbocycles. The predicted molar refractivity (Wildman–Crippen MR) is 197 cm³/mol. The monoisotopic (exact) mass is 758 g/mol. The number of fused-ring (bicyclic) bond motifs is 2. The first-order valence-corrected chi connectivity index (χ1v) is 21.9. The molecule has 12 atom stereocenters. The van der Waals surface area contributed by atoms with E-state index in [0.717, 1.165) is 6.42 Å². The van der Waals surface area contributed by atoms with E-state index in [1.807, 2.05) is 13.8 Å². The van der Waals surface area contributed by atoms with Crippen molar-refractivity contribution in [1.29, 1.82) is 0 Å². The molecule has 2 N–H and O–H groups in total. The summed E-state index contributed by atoms with van der Waals surface area (Å²) >= 11 is 0. The summed E-state index contributed by atoms with van der Waals surface area (Å²) in [4.78, 5) is 0. The Morgan fingerprint density at radius 2 is 1.56 bits per heavy atom. The third-order valence-electron chi connectivity index (χ3n) is 12.5. The summed E-state index contributed by atoms with van der Waals surface area (Å²) in [6.07, 6.45) is -0.0132. The molecule has 0 spiro atoms. The van der Waals surface area contributed by atoms with E-state index in [-0.39, 0.29) is 49.8 Å². The maximum atomic E-state index is 11.8. The molecule has 0 aliphatic carbocycles. The molecule has 5 saturated heterocycles. The van der Waals surface area contributed by atoms with Gasteiger partial charge >= 0.3 is 0 Å². The van der Waals surface area contributed by atoms with Gasteiger partial charge in [0, 0.05) is 25.9 Å². The minimum atomic E-state index is -2.41. The zero-order chi connectivity index (χ0) is 38.2. The van der Waals surface area contributed by atoms with Crippen molar-refractivity contribution in [2.75, 3.05) is 33.7 Å². The minimum Gasteiger partial charge on any atom is -0.408 e. The van der Waals surface area contributed by atoms with Gasteiger partial charge in [-0.25, -0.2) is 0 Å². The van der Waals surface area contributed by atoms with E-state index in [9.17, 15) is 10.2 Å². The van der Waals surface area contributed by atoms with Gasteiger partial charge in [-0.1, -0.05) is 47.6 Å². The molecular formula is C39H70O12Si.